The van der Waals surface area contributed by atoms with E-state index in [9.17, 15) is 14.7 Å². The van der Waals surface area contributed by atoms with Gasteiger partial charge in [-0.15, -0.1) is 0 Å². The number of nitrogens with zero attached hydrogens (tertiary/aromatic N) is 5. The van der Waals surface area contributed by atoms with Gasteiger partial charge in [0.25, 0.3) is 0 Å². The predicted octanol–water partition coefficient (Wildman–Crippen LogP) is 4.54. The van der Waals surface area contributed by atoms with Gasteiger partial charge in [-0.05, 0) is 74.5 Å². The number of nitrogen functional groups attached to an aromatic ring is 1. The summed E-state index contributed by atoms with van der Waals surface area (Å²) in [6.45, 7) is 4.70. The molecule has 0 amide bonds. The number of fused-ring (bicyclic) bond motifs is 3. The molecule has 3 N–H and O–H groups in total. The number of aromatic nitrogens is 4. The molecule has 0 radical (unpaired) electrons. The van der Waals surface area contributed by atoms with Crippen molar-refractivity contribution in [2.75, 3.05) is 38.8 Å². The quantitative estimate of drug-likeness (QED) is 0.119. The lowest BCUT2D eigenvalue weighted by Gasteiger charge is -2.38. The summed E-state index contributed by atoms with van der Waals surface area (Å²) in [5.74, 6) is -1.65. The highest BCUT2D eigenvalue weighted by Gasteiger charge is 2.42. The van der Waals surface area contributed by atoms with E-state index in [1.807, 2.05) is 61.5 Å². The van der Waals surface area contributed by atoms with E-state index < -0.39 is 19.9 Å². The highest BCUT2D eigenvalue weighted by atomic mass is 28.3. The maximum absolute atomic E-state index is 15.7. The van der Waals surface area contributed by atoms with E-state index in [4.69, 9.17) is 10.5 Å². The Hall–Kier alpha value is -6.21. The molecule has 3 aromatic carbocycles. The monoisotopic (exact) mass is 741 g/mol. The van der Waals surface area contributed by atoms with Gasteiger partial charge in [-0.25, -0.2) is 9.56 Å². The van der Waals surface area contributed by atoms with Crippen LogP contribution in [0.1, 0.15) is 49.4 Å². The standard InChI is InChI=1S/C41H40FN7O4Si/c1-48(2)26-13-15-28-34(18-26)54(5,6)35-20-32(49(3)4)31(42)19-30(35)36(28)27-14-12-25(17-29(27)40(51)52)33(50)16-11-23-7-9-24(10-8-23)21-53-39-37-38(45-22-44-37)46-41(43)47-39/h7-10,12-15,17-20,22,43H,11,16,21H2,1-6H3,(H2,50,51,52). The molecule has 5 aromatic rings. The number of benzene rings is 3. The van der Waals surface area contributed by atoms with Gasteiger partial charge in [0.2, 0.25) is 17.5 Å². The SMILES string of the molecule is CN(C)c1ccc2c(c1)[Si](C)(C)C1=CC(=[N+](C)C)C(F)=CC1=C2c1ccc(C(=O)CCc2ccc(COc3nc(N)nc4nc[nH]c34)cc2)cc1C(=O)[O-]. The molecule has 1 aliphatic carbocycles. The number of H-pyrrole nitrogens is 1. The fraction of sp³-hybridized carbons (Fsp3) is 0.220. The van der Waals surface area contributed by atoms with Gasteiger partial charge in [0, 0.05) is 43.4 Å². The largest absolute Gasteiger partial charge is 0.545 e. The second kappa shape index (κ2) is 14.0. The molecule has 0 unspecified atom stereocenters. The number of ketones is 1. The third-order valence-corrected chi connectivity index (χ3v) is 13.6. The van der Waals surface area contributed by atoms with Gasteiger partial charge in [0.05, 0.1) is 12.3 Å². The van der Waals surface area contributed by atoms with E-state index in [1.54, 1.807) is 30.8 Å². The number of carboxylic acid groups (broad SMARTS) is 1. The Morgan fingerprint density at radius 3 is 2.41 bits per heavy atom. The number of nitrogens with two attached hydrogens (primary N) is 1. The minimum Gasteiger partial charge on any atom is -0.545 e. The average molecular weight is 742 g/mol. The number of halogens is 1. The maximum atomic E-state index is 15.7. The lowest BCUT2D eigenvalue weighted by molar-refractivity contribution is -0.463. The van der Waals surface area contributed by atoms with E-state index in [0.717, 1.165) is 32.8 Å². The number of carbonyl (C=O) groups excluding carboxylic acids is 2. The number of aromatic carboxylic acids is 1. The number of nitrogens with one attached hydrogen (secondary N) is 1. The van der Waals surface area contributed by atoms with Crippen LogP contribution in [-0.2, 0) is 13.0 Å². The summed E-state index contributed by atoms with van der Waals surface area (Å²) in [7, 11) is 5.15. The Morgan fingerprint density at radius 1 is 0.981 bits per heavy atom. The van der Waals surface area contributed by atoms with E-state index in [2.05, 4.69) is 39.1 Å². The van der Waals surface area contributed by atoms with Crippen LogP contribution in [-0.4, -0.2) is 78.2 Å². The summed E-state index contributed by atoms with van der Waals surface area (Å²) in [5, 5.41) is 14.9. The summed E-state index contributed by atoms with van der Waals surface area (Å²) in [6.07, 6.45) is 5.53. The number of rotatable bonds is 10. The molecule has 2 aromatic heterocycles. The Labute approximate surface area is 313 Å². The van der Waals surface area contributed by atoms with Crippen LogP contribution >= 0.6 is 0 Å². The molecule has 2 aliphatic rings. The third kappa shape index (κ3) is 6.62. The Morgan fingerprint density at radius 2 is 1.70 bits per heavy atom. The van der Waals surface area contributed by atoms with Crippen LogP contribution in [0.4, 0.5) is 16.0 Å². The number of hydrogen-bond acceptors (Lipinski definition) is 9. The number of Topliss-reactive ketones (excluding diaryl/α,β-unsaturated/α-hetero) is 1. The topological polar surface area (TPSA) is 153 Å². The Balaban J connectivity index is 1.16. The zero-order valence-electron chi connectivity index (χ0n) is 31.0. The van der Waals surface area contributed by atoms with E-state index in [0.29, 0.717) is 45.9 Å². The summed E-state index contributed by atoms with van der Waals surface area (Å²) in [5.41, 5.74) is 12.7. The minimum absolute atomic E-state index is 0.0627. The van der Waals surface area contributed by atoms with Crippen molar-refractivity contribution in [3.63, 3.8) is 0 Å². The molecule has 0 saturated carbocycles. The molecular formula is C41H40FN7O4Si. The molecule has 0 spiro atoms. The van der Waals surface area contributed by atoms with Gasteiger partial charge in [-0.1, -0.05) is 55.6 Å². The maximum Gasteiger partial charge on any atom is 0.245 e. The third-order valence-electron chi connectivity index (χ3n) is 10.1. The molecule has 0 fully saturated rings. The van der Waals surface area contributed by atoms with Crippen molar-refractivity contribution in [3.8, 4) is 5.88 Å². The first kappa shape index (κ1) is 36.2. The highest BCUT2D eigenvalue weighted by Crippen LogP contribution is 2.44. The van der Waals surface area contributed by atoms with Gasteiger partial charge in [0.1, 0.15) is 34.3 Å². The van der Waals surface area contributed by atoms with Crippen molar-refractivity contribution >= 4 is 59.1 Å². The van der Waals surface area contributed by atoms with Gasteiger partial charge in [-0.2, -0.15) is 14.4 Å². The molecule has 13 heteroatoms. The molecule has 0 atom stereocenters. The molecule has 54 heavy (non-hydrogen) atoms. The minimum atomic E-state index is -2.41. The fourth-order valence-electron chi connectivity index (χ4n) is 7.14. The van der Waals surface area contributed by atoms with Crippen LogP contribution in [0.5, 0.6) is 5.88 Å². The molecular weight excluding hydrogens is 702 g/mol. The highest BCUT2D eigenvalue weighted by molar-refractivity contribution is 6.98. The van der Waals surface area contributed by atoms with Crippen LogP contribution in [0.3, 0.4) is 0 Å². The second-order valence-electron chi connectivity index (χ2n) is 14.4. The molecule has 7 rings (SSSR count). The molecule has 11 nitrogen and oxygen atoms in total. The molecule has 3 heterocycles. The number of carbonyl (C=O) groups is 2. The summed E-state index contributed by atoms with van der Waals surface area (Å²) in [6, 6.07) is 18.5. The molecule has 0 saturated heterocycles. The fourth-order valence-corrected chi connectivity index (χ4v) is 10.2. The first-order valence-corrected chi connectivity index (χ1v) is 20.5. The zero-order valence-corrected chi connectivity index (χ0v) is 32.0. The van der Waals surface area contributed by atoms with Crippen LogP contribution in [0.2, 0.25) is 13.1 Å². The van der Waals surface area contributed by atoms with Crippen LogP contribution < -0.4 is 25.7 Å². The van der Waals surface area contributed by atoms with Gasteiger partial charge in [0.15, 0.2) is 17.3 Å². The Bertz CT molecular complexity index is 2490. The number of carboxylic acids is 1. The van der Waals surface area contributed by atoms with Crippen LogP contribution in [0, 0.1) is 0 Å². The van der Waals surface area contributed by atoms with Gasteiger partial charge < -0.3 is 30.3 Å². The van der Waals surface area contributed by atoms with Crippen molar-refractivity contribution in [1.29, 1.82) is 0 Å². The smallest absolute Gasteiger partial charge is 0.245 e. The van der Waals surface area contributed by atoms with Crippen molar-refractivity contribution in [3.05, 3.63) is 129 Å². The molecule has 0 bridgehead atoms. The van der Waals surface area contributed by atoms with Crippen LogP contribution in [0.25, 0.3) is 16.7 Å². The molecule has 1 aliphatic heterocycles. The normalized spacial score (nSPS) is 14.6. The molecule has 274 valence electrons. The van der Waals surface area contributed by atoms with Crippen molar-refractivity contribution in [2.24, 2.45) is 0 Å². The first-order chi connectivity index (χ1) is 25.7. The summed E-state index contributed by atoms with van der Waals surface area (Å²) >= 11 is 0. The number of aryl methyl sites for hydroxylation is 1. The number of hydrogen-bond donors (Lipinski definition) is 2. The zero-order chi connectivity index (χ0) is 38.5. The van der Waals surface area contributed by atoms with E-state index in [-0.39, 0.29) is 35.9 Å². The van der Waals surface area contributed by atoms with E-state index >= 15 is 4.39 Å². The van der Waals surface area contributed by atoms with Gasteiger partial charge >= 0.3 is 0 Å². The first-order valence-electron chi connectivity index (χ1n) is 17.5. The number of imidazole rings is 1. The van der Waals surface area contributed by atoms with E-state index in [1.165, 1.54) is 18.5 Å². The van der Waals surface area contributed by atoms with Crippen molar-refractivity contribution in [2.45, 2.75) is 32.5 Å². The number of allylic oxidation sites excluding steroid dienone is 5. The van der Waals surface area contributed by atoms with Crippen LogP contribution in [0.15, 0.2) is 95.7 Å². The summed E-state index contributed by atoms with van der Waals surface area (Å²) in [4.78, 5) is 43.7. The second-order valence-corrected chi connectivity index (χ2v) is 18.8. The summed E-state index contributed by atoms with van der Waals surface area (Å²) < 4.78 is 23.3. The number of ether oxygens (including phenoxy) is 1. The van der Waals surface area contributed by atoms with Crippen molar-refractivity contribution in [1.82, 2.24) is 19.9 Å². The predicted molar refractivity (Wildman–Crippen MR) is 209 cm³/mol. The average Bonchev–Trinajstić information content (AvgIpc) is 3.61. The van der Waals surface area contributed by atoms with Gasteiger partial charge in [-0.3, -0.25) is 4.79 Å². The number of aromatic amines is 1. The lowest BCUT2D eigenvalue weighted by atomic mass is 9.86. The van der Waals surface area contributed by atoms with Crippen molar-refractivity contribution < 1.29 is 28.4 Å². The number of anilines is 2. The Kier molecular flexibility index (Phi) is 9.36. The lowest BCUT2D eigenvalue weighted by Crippen LogP contribution is -2.50.